The number of ether oxygens (including phenoxy) is 1. The summed E-state index contributed by atoms with van der Waals surface area (Å²) in [6.07, 6.45) is 1.83. The Balaban J connectivity index is 1.11. The maximum atomic E-state index is 12.5. The molecule has 1 aromatic heterocycles. The normalized spacial score (nSPS) is 23.5. The van der Waals surface area contributed by atoms with Crippen molar-refractivity contribution in [1.82, 2.24) is 14.8 Å². The van der Waals surface area contributed by atoms with Gasteiger partial charge in [0, 0.05) is 37.3 Å². The van der Waals surface area contributed by atoms with Gasteiger partial charge in [0.15, 0.2) is 5.76 Å². The molecule has 8 heteroatoms. The van der Waals surface area contributed by atoms with Gasteiger partial charge in [0.25, 0.3) is 0 Å². The standard InChI is InChI=1S/C24H27N3O4S/c1-17-7-10-21(11-8-17)32(28,29)25-14-20-9-12-22-24(30-20)16-27(22)15-19-13-23(31-26-19)18-5-3-2-4-6-18/h2-8,10-11,13,20,22,24-25H,9,12,14-16H2,1H3/t20-,22-,24-/m0/s1. The van der Waals surface area contributed by atoms with E-state index in [0.717, 1.165) is 48.5 Å². The average molecular weight is 454 g/mol. The van der Waals surface area contributed by atoms with Gasteiger partial charge in [-0.05, 0) is 31.9 Å². The van der Waals surface area contributed by atoms with E-state index in [0.29, 0.717) is 12.6 Å². The Hall–Kier alpha value is -2.52. The van der Waals surface area contributed by atoms with Crippen LogP contribution in [0.25, 0.3) is 11.3 Å². The summed E-state index contributed by atoms with van der Waals surface area (Å²) in [5.74, 6) is 0.776. The van der Waals surface area contributed by atoms with Crippen molar-refractivity contribution in [1.29, 1.82) is 0 Å². The van der Waals surface area contributed by atoms with Crippen LogP contribution < -0.4 is 4.72 Å². The van der Waals surface area contributed by atoms with Gasteiger partial charge in [0.05, 0.1) is 22.8 Å². The van der Waals surface area contributed by atoms with Gasteiger partial charge in [-0.25, -0.2) is 13.1 Å². The molecule has 1 N–H and O–H groups in total. The minimum Gasteiger partial charge on any atom is -0.371 e. The van der Waals surface area contributed by atoms with Crippen LogP contribution in [0.5, 0.6) is 0 Å². The number of rotatable bonds is 7. The summed E-state index contributed by atoms with van der Waals surface area (Å²) in [6, 6.07) is 19.2. The zero-order valence-corrected chi connectivity index (χ0v) is 18.8. The molecule has 0 radical (unpaired) electrons. The number of sulfonamides is 1. The summed E-state index contributed by atoms with van der Waals surface area (Å²) >= 11 is 0. The molecule has 32 heavy (non-hydrogen) atoms. The molecule has 0 spiro atoms. The second-order valence-electron chi connectivity index (χ2n) is 8.58. The lowest BCUT2D eigenvalue weighted by atomic mass is 9.89. The van der Waals surface area contributed by atoms with Crippen LogP contribution in [0.2, 0.25) is 0 Å². The van der Waals surface area contributed by atoms with E-state index in [-0.39, 0.29) is 17.1 Å². The minimum absolute atomic E-state index is 0.102. The Morgan fingerprint density at radius 1 is 1.09 bits per heavy atom. The molecule has 2 fully saturated rings. The van der Waals surface area contributed by atoms with Crippen molar-refractivity contribution in [3.63, 3.8) is 0 Å². The number of hydrogen-bond acceptors (Lipinski definition) is 6. The number of aryl methyl sites for hydroxylation is 1. The molecule has 168 valence electrons. The van der Waals surface area contributed by atoms with E-state index >= 15 is 0 Å². The molecule has 2 saturated heterocycles. The van der Waals surface area contributed by atoms with Gasteiger partial charge in [-0.1, -0.05) is 53.2 Å². The van der Waals surface area contributed by atoms with Crippen molar-refractivity contribution < 1.29 is 17.7 Å². The van der Waals surface area contributed by atoms with Crippen LogP contribution in [0.3, 0.4) is 0 Å². The molecular formula is C24H27N3O4S. The molecule has 2 aliphatic rings. The van der Waals surface area contributed by atoms with Crippen molar-refractivity contribution in [3.8, 4) is 11.3 Å². The van der Waals surface area contributed by atoms with Crippen LogP contribution in [-0.2, 0) is 21.3 Å². The molecule has 2 aliphatic heterocycles. The van der Waals surface area contributed by atoms with Crippen LogP contribution in [0, 0.1) is 6.92 Å². The predicted molar refractivity (Wildman–Crippen MR) is 120 cm³/mol. The van der Waals surface area contributed by atoms with Gasteiger partial charge in [-0.15, -0.1) is 0 Å². The SMILES string of the molecule is Cc1ccc(S(=O)(=O)NC[C@@H]2CC[C@H]3[C@H](CN3Cc3cc(-c4ccccc4)on3)O2)cc1. The molecule has 7 nitrogen and oxygen atoms in total. The third kappa shape index (κ3) is 4.49. The lowest BCUT2D eigenvalue weighted by molar-refractivity contribution is -0.168. The second kappa shape index (κ2) is 8.78. The number of aromatic nitrogens is 1. The van der Waals surface area contributed by atoms with Gasteiger partial charge in [-0.2, -0.15) is 0 Å². The number of benzene rings is 2. The number of nitrogens with one attached hydrogen (secondary N) is 1. The molecule has 5 rings (SSSR count). The predicted octanol–water partition coefficient (Wildman–Crippen LogP) is 3.36. The maximum absolute atomic E-state index is 12.5. The highest BCUT2D eigenvalue weighted by atomic mass is 32.2. The van der Waals surface area contributed by atoms with E-state index in [9.17, 15) is 8.42 Å². The lowest BCUT2D eigenvalue weighted by Crippen LogP contribution is -2.64. The van der Waals surface area contributed by atoms with Crippen molar-refractivity contribution in [2.75, 3.05) is 13.1 Å². The smallest absolute Gasteiger partial charge is 0.240 e. The lowest BCUT2D eigenvalue weighted by Gasteiger charge is -2.52. The molecular weight excluding hydrogens is 426 g/mol. The molecule has 0 aliphatic carbocycles. The Morgan fingerprint density at radius 3 is 2.62 bits per heavy atom. The highest BCUT2D eigenvalue weighted by molar-refractivity contribution is 7.89. The zero-order chi connectivity index (χ0) is 22.1. The first-order chi connectivity index (χ1) is 15.5. The van der Waals surface area contributed by atoms with Gasteiger partial charge < -0.3 is 9.26 Å². The van der Waals surface area contributed by atoms with E-state index in [1.54, 1.807) is 24.3 Å². The summed E-state index contributed by atoms with van der Waals surface area (Å²) in [5, 5.41) is 4.22. The maximum Gasteiger partial charge on any atom is 0.240 e. The fourth-order valence-electron chi connectivity index (χ4n) is 4.43. The summed E-state index contributed by atoms with van der Waals surface area (Å²) in [4.78, 5) is 2.64. The van der Waals surface area contributed by atoms with E-state index in [4.69, 9.17) is 9.26 Å². The van der Waals surface area contributed by atoms with Crippen LogP contribution in [-0.4, -0.2) is 49.8 Å². The molecule has 0 amide bonds. The third-order valence-electron chi connectivity index (χ3n) is 6.28. The molecule has 3 aromatic rings. The monoisotopic (exact) mass is 453 g/mol. The Kier molecular flexibility index (Phi) is 5.86. The molecule has 0 bridgehead atoms. The number of nitrogens with zero attached hydrogens (tertiary/aromatic N) is 2. The highest BCUT2D eigenvalue weighted by Crippen LogP contribution is 2.33. The molecule has 0 unspecified atom stereocenters. The number of hydrogen-bond donors (Lipinski definition) is 1. The molecule has 3 atom stereocenters. The summed E-state index contributed by atoms with van der Waals surface area (Å²) in [7, 11) is -3.52. The van der Waals surface area contributed by atoms with E-state index in [1.165, 1.54) is 0 Å². The number of fused-ring (bicyclic) bond motifs is 1. The van der Waals surface area contributed by atoms with E-state index in [2.05, 4.69) is 14.8 Å². The van der Waals surface area contributed by atoms with Crippen LogP contribution in [0.4, 0.5) is 0 Å². The van der Waals surface area contributed by atoms with Crippen LogP contribution >= 0.6 is 0 Å². The van der Waals surface area contributed by atoms with Crippen molar-refractivity contribution in [2.24, 2.45) is 0 Å². The summed E-state index contributed by atoms with van der Waals surface area (Å²) in [5.41, 5.74) is 2.96. The fourth-order valence-corrected chi connectivity index (χ4v) is 5.49. The molecule has 3 heterocycles. The fraction of sp³-hybridized carbons (Fsp3) is 0.375. The average Bonchev–Trinajstić information content (AvgIpc) is 3.26. The van der Waals surface area contributed by atoms with Gasteiger partial charge >= 0.3 is 0 Å². The van der Waals surface area contributed by atoms with Crippen molar-refractivity contribution in [3.05, 3.63) is 71.9 Å². The largest absolute Gasteiger partial charge is 0.371 e. The van der Waals surface area contributed by atoms with Crippen LogP contribution in [0.15, 0.2) is 70.1 Å². The van der Waals surface area contributed by atoms with Crippen molar-refractivity contribution in [2.45, 2.75) is 49.5 Å². The molecule has 2 aromatic carbocycles. The zero-order valence-electron chi connectivity index (χ0n) is 18.0. The van der Waals surface area contributed by atoms with Crippen molar-refractivity contribution >= 4 is 10.0 Å². The topological polar surface area (TPSA) is 84.7 Å². The molecule has 0 saturated carbocycles. The Bertz CT molecular complexity index is 1160. The minimum atomic E-state index is -3.52. The summed E-state index contributed by atoms with van der Waals surface area (Å²) < 4.78 is 39.4. The Labute approximate surface area is 188 Å². The van der Waals surface area contributed by atoms with Gasteiger partial charge in [0.2, 0.25) is 10.0 Å². The Morgan fingerprint density at radius 2 is 1.88 bits per heavy atom. The third-order valence-corrected chi connectivity index (χ3v) is 7.72. The van der Waals surface area contributed by atoms with E-state index < -0.39 is 10.0 Å². The van der Waals surface area contributed by atoms with Crippen LogP contribution in [0.1, 0.15) is 24.1 Å². The first-order valence-corrected chi connectivity index (χ1v) is 12.4. The first kappa shape index (κ1) is 21.3. The first-order valence-electron chi connectivity index (χ1n) is 10.9. The number of likely N-dealkylation sites (tertiary alicyclic amines) is 1. The quantitative estimate of drug-likeness (QED) is 0.591. The van der Waals surface area contributed by atoms with Gasteiger partial charge in [0.1, 0.15) is 0 Å². The summed E-state index contributed by atoms with van der Waals surface area (Å²) in [6.45, 7) is 3.77. The highest BCUT2D eigenvalue weighted by Gasteiger charge is 2.44. The second-order valence-corrected chi connectivity index (χ2v) is 10.4. The van der Waals surface area contributed by atoms with E-state index in [1.807, 2.05) is 43.3 Å². The van der Waals surface area contributed by atoms with Gasteiger partial charge in [-0.3, -0.25) is 4.90 Å².